The Hall–Kier alpha value is -3.02. The number of amides is 2. The zero-order valence-electron chi connectivity index (χ0n) is 19.4. The molecule has 1 N–H and O–H groups in total. The highest BCUT2D eigenvalue weighted by molar-refractivity contribution is 8.04. The summed E-state index contributed by atoms with van der Waals surface area (Å²) in [4.78, 5) is 29.6. The van der Waals surface area contributed by atoms with Crippen molar-refractivity contribution in [2.45, 2.75) is 49.6 Å². The third-order valence-corrected chi connectivity index (χ3v) is 7.79. The van der Waals surface area contributed by atoms with Crippen LogP contribution in [0.5, 0.6) is 0 Å². The van der Waals surface area contributed by atoms with E-state index >= 15 is 0 Å². The van der Waals surface area contributed by atoms with Crippen LogP contribution in [0.3, 0.4) is 0 Å². The largest absolute Gasteiger partial charge is 0.349 e. The number of hydrogen-bond acceptors (Lipinski definition) is 3. The summed E-state index contributed by atoms with van der Waals surface area (Å²) in [5, 5.41) is 3.81. The number of benzene rings is 3. The first-order valence-electron chi connectivity index (χ1n) is 12.0. The van der Waals surface area contributed by atoms with Crippen molar-refractivity contribution in [3.05, 3.63) is 99.4 Å². The van der Waals surface area contributed by atoms with Crippen molar-refractivity contribution >= 4 is 46.9 Å². The van der Waals surface area contributed by atoms with Crippen molar-refractivity contribution in [3.8, 4) is 0 Å². The molecule has 35 heavy (non-hydrogen) atoms. The Morgan fingerprint density at radius 1 is 1.00 bits per heavy atom. The predicted molar refractivity (Wildman–Crippen MR) is 144 cm³/mol. The second-order valence-corrected chi connectivity index (χ2v) is 10.6. The van der Waals surface area contributed by atoms with Crippen molar-refractivity contribution in [1.82, 2.24) is 5.32 Å². The summed E-state index contributed by atoms with van der Waals surface area (Å²) < 4.78 is 0. The van der Waals surface area contributed by atoms with Crippen LogP contribution in [0.1, 0.15) is 53.6 Å². The Kier molecular flexibility index (Phi) is 7.26. The molecular formula is C29H27ClN2O2S. The van der Waals surface area contributed by atoms with E-state index in [1.807, 2.05) is 78.9 Å². The highest BCUT2D eigenvalue weighted by atomic mass is 35.5. The Morgan fingerprint density at radius 2 is 1.77 bits per heavy atom. The molecule has 0 aromatic heterocycles. The molecule has 0 unspecified atom stereocenters. The first-order chi connectivity index (χ1) is 17.1. The first kappa shape index (κ1) is 23.7. The molecule has 5 rings (SSSR count). The van der Waals surface area contributed by atoms with Crippen molar-refractivity contribution in [1.29, 1.82) is 0 Å². The van der Waals surface area contributed by atoms with Gasteiger partial charge in [-0.1, -0.05) is 79.0 Å². The molecule has 1 aliphatic heterocycles. The maximum atomic E-state index is 13.5. The van der Waals surface area contributed by atoms with Crippen LogP contribution >= 0.6 is 23.4 Å². The number of hydrogen-bond donors (Lipinski definition) is 1. The van der Waals surface area contributed by atoms with Gasteiger partial charge in [-0.25, -0.2) is 0 Å². The summed E-state index contributed by atoms with van der Waals surface area (Å²) in [6, 6.07) is 23.3. The van der Waals surface area contributed by atoms with Gasteiger partial charge in [0, 0.05) is 21.5 Å². The second kappa shape index (κ2) is 10.7. The van der Waals surface area contributed by atoms with Gasteiger partial charge in [-0.05, 0) is 66.4 Å². The minimum absolute atomic E-state index is 0.0270. The fourth-order valence-electron chi connectivity index (χ4n) is 4.63. The van der Waals surface area contributed by atoms with E-state index in [4.69, 9.17) is 11.6 Å². The third kappa shape index (κ3) is 5.63. The Balaban J connectivity index is 1.36. The standard InChI is InChI=1S/C29H27ClN2O2S/c30-23-8-6-7-21(17-23)19-32-25-11-4-5-12-26(25)35-27(29(32)34)18-20-13-15-22(16-14-20)28(33)31-24-9-2-1-3-10-24/h4-8,11-18,24H,1-3,9-10,19H2,(H,31,33)/b27-18+. The van der Waals surface area contributed by atoms with Crippen LogP contribution in [-0.4, -0.2) is 17.9 Å². The zero-order chi connectivity index (χ0) is 24.2. The van der Waals surface area contributed by atoms with Gasteiger partial charge in [-0.2, -0.15) is 0 Å². The SMILES string of the molecule is O=C(NC1CCCCC1)c1ccc(/C=C2/Sc3ccccc3N(Cc3cccc(Cl)c3)C2=O)cc1. The summed E-state index contributed by atoms with van der Waals surface area (Å²) in [6.07, 6.45) is 7.64. The van der Waals surface area contributed by atoms with Gasteiger partial charge in [0.15, 0.2) is 0 Å². The third-order valence-electron chi connectivity index (χ3n) is 6.47. The van der Waals surface area contributed by atoms with Crippen molar-refractivity contribution in [2.24, 2.45) is 0 Å². The van der Waals surface area contributed by atoms with Crippen molar-refractivity contribution in [3.63, 3.8) is 0 Å². The molecule has 0 atom stereocenters. The number of nitrogens with zero attached hydrogens (tertiary/aromatic N) is 1. The topological polar surface area (TPSA) is 49.4 Å². The minimum atomic E-state index is -0.0483. The number of carbonyl (C=O) groups is 2. The Labute approximate surface area is 215 Å². The lowest BCUT2D eigenvalue weighted by atomic mass is 9.95. The highest BCUT2D eigenvalue weighted by Gasteiger charge is 2.29. The van der Waals surface area contributed by atoms with Crippen LogP contribution in [0.2, 0.25) is 5.02 Å². The molecule has 2 aliphatic rings. The van der Waals surface area contributed by atoms with Gasteiger partial charge in [0.25, 0.3) is 11.8 Å². The van der Waals surface area contributed by atoms with E-state index in [1.54, 1.807) is 4.90 Å². The predicted octanol–water partition coefficient (Wildman–Crippen LogP) is 7.08. The molecule has 2 amide bonds. The summed E-state index contributed by atoms with van der Waals surface area (Å²) >= 11 is 7.65. The summed E-state index contributed by atoms with van der Waals surface area (Å²) in [5.74, 6) is -0.0753. The molecule has 1 heterocycles. The number of carbonyl (C=O) groups excluding carboxylic acids is 2. The van der Waals surface area contributed by atoms with Gasteiger partial charge < -0.3 is 10.2 Å². The van der Waals surface area contributed by atoms with Gasteiger partial charge in [-0.3, -0.25) is 9.59 Å². The lowest BCUT2D eigenvalue weighted by molar-refractivity contribution is -0.114. The average molecular weight is 503 g/mol. The van der Waals surface area contributed by atoms with Crippen LogP contribution < -0.4 is 10.2 Å². The molecular weight excluding hydrogens is 476 g/mol. The number of fused-ring (bicyclic) bond motifs is 1. The zero-order valence-corrected chi connectivity index (χ0v) is 20.9. The van der Waals surface area contributed by atoms with Gasteiger partial charge >= 0.3 is 0 Å². The number of anilines is 1. The molecule has 178 valence electrons. The summed E-state index contributed by atoms with van der Waals surface area (Å²) in [7, 11) is 0. The number of para-hydroxylation sites is 1. The van der Waals surface area contributed by atoms with E-state index in [0.717, 1.165) is 34.6 Å². The van der Waals surface area contributed by atoms with E-state index < -0.39 is 0 Å². The van der Waals surface area contributed by atoms with Gasteiger partial charge in [0.05, 0.1) is 17.1 Å². The lowest BCUT2D eigenvalue weighted by Crippen LogP contribution is -2.36. The fourth-order valence-corrected chi connectivity index (χ4v) is 5.91. The first-order valence-corrected chi connectivity index (χ1v) is 13.2. The van der Waals surface area contributed by atoms with E-state index in [0.29, 0.717) is 22.0 Å². The fraction of sp³-hybridized carbons (Fsp3) is 0.241. The van der Waals surface area contributed by atoms with E-state index in [-0.39, 0.29) is 17.9 Å². The smallest absolute Gasteiger partial charge is 0.265 e. The molecule has 6 heteroatoms. The van der Waals surface area contributed by atoms with Crippen LogP contribution in [0.4, 0.5) is 5.69 Å². The van der Waals surface area contributed by atoms with Gasteiger partial charge in [0.1, 0.15) is 0 Å². The average Bonchev–Trinajstić information content (AvgIpc) is 2.87. The number of rotatable bonds is 5. The monoisotopic (exact) mass is 502 g/mol. The Bertz CT molecular complexity index is 1270. The summed E-state index contributed by atoms with van der Waals surface area (Å²) in [6.45, 7) is 0.439. The van der Waals surface area contributed by atoms with Crippen LogP contribution in [0.15, 0.2) is 82.6 Å². The molecule has 1 aliphatic carbocycles. The molecule has 0 saturated heterocycles. The van der Waals surface area contributed by atoms with Crippen LogP contribution in [0.25, 0.3) is 6.08 Å². The van der Waals surface area contributed by atoms with E-state index in [1.165, 1.54) is 31.0 Å². The maximum Gasteiger partial charge on any atom is 0.265 e. The van der Waals surface area contributed by atoms with E-state index in [9.17, 15) is 9.59 Å². The Morgan fingerprint density at radius 3 is 2.54 bits per heavy atom. The minimum Gasteiger partial charge on any atom is -0.349 e. The van der Waals surface area contributed by atoms with Crippen LogP contribution in [-0.2, 0) is 11.3 Å². The van der Waals surface area contributed by atoms with Crippen molar-refractivity contribution < 1.29 is 9.59 Å². The highest BCUT2D eigenvalue weighted by Crippen LogP contribution is 2.42. The lowest BCUT2D eigenvalue weighted by Gasteiger charge is -2.30. The molecule has 0 spiro atoms. The number of halogens is 1. The summed E-state index contributed by atoms with van der Waals surface area (Å²) in [5.41, 5.74) is 3.40. The molecule has 3 aromatic carbocycles. The molecule has 0 radical (unpaired) electrons. The van der Waals surface area contributed by atoms with Crippen molar-refractivity contribution in [2.75, 3.05) is 4.90 Å². The molecule has 1 fully saturated rings. The molecule has 4 nitrogen and oxygen atoms in total. The van der Waals surface area contributed by atoms with Gasteiger partial charge in [0.2, 0.25) is 0 Å². The second-order valence-electron chi connectivity index (χ2n) is 9.03. The number of thioether (sulfide) groups is 1. The quantitative estimate of drug-likeness (QED) is 0.379. The van der Waals surface area contributed by atoms with Crippen LogP contribution in [0, 0.1) is 0 Å². The molecule has 3 aromatic rings. The molecule has 1 saturated carbocycles. The van der Waals surface area contributed by atoms with Gasteiger partial charge in [-0.15, -0.1) is 0 Å². The van der Waals surface area contributed by atoms with E-state index in [2.05, 4.69) is 5.32 Å². The molecule has 0 bridgehead atoms. The number of nitrogens with one attached hydrogen (secondary N) is 1. The maximum absolute atomic E-state index is 13.5. The normalized spacial score (nSPS) is 17.3.